The first kappa shape index (κ1) is 89.9. The number of rotatable bonds is 18. The zero-order valence-corrected chi connectivity index (χ0v) is 65.7. The lowest BCUT2D eigenvalue weighted by Crippen LogP contribution is -2.37. The summed E-state index contributed by atoms with van der Waals surface area (Å²) in [7, 11) is 0. The molecule has 0 spiro atoms. The molecule has 0 bridgehead atoms. The molecule has 0 amide bonds. The van der Waals surface area contributed by atoms with E-state index in [9.17, 15) is 38.4 Å². The van der Waals surface area contributed by atoms with E-state index in [0.717, 1.165) is 67.2 Å². The normalized spacial score (nSPS) is 13.4. The van der Waals surface area contributed by atoms with Gasteiger partial charge in [-0.1, -0.05) is 207 Å². The Labute approximate surface area is 644 Å². The zero-order chi connectivity index (χ0) is 81.0. The van der Waals surface area contributed by atoms with Crippen LogP contribution in [0.15, 0.2) is 215 Å². The van der Waals surface area contributed by atoms with Gasteiger partial charge in [-0.05, 0) is 214 Å². The van der Waals surface area contributed by atoms with Crippen LogP contribution >= 0.6 is 0 Å². The van der Waals surface area contributed by atoms with E-state index in [1.165, 1.54) is 111 Å². The molecule has 0 aliphatic heterocycles. The van der Waals surface area contributed by atoms with Crippen LogP contribution in [0.3, 0.4) is 0 Å². The van der Waals surface area contributed by atoms with Crippen LogP contribution in [0.4, 0.5) is 0 Å². The summed E-state index contributed by atoms with van der Waals surface area (Å²) in [5.74, 6) is -0.102. The molecule has 0 unspecified atom stereocenters. The molecule has 576 valence electrons. The highest BCUT2D eigenvalue weighted by Crippen LogP contribution is 2.41. The lowest BCUT2D eigenvalue weighted by molar-refractivity contribution is -0.159. The van der Waals surface area contributed by atoms with E-state index in [1.54, 1.807) is 93.6 Å². The Bertz CT molecular complexity index is 4490. The number of hydrogen-bond donors (Lipinski definition) is 0. The van der Waals surface area contributed by atoms with E-state index >= 15 is 0 Å². The largest absolute Gasteiger partial charge is 0.456 e. The summed E-state index contributed by atoms with van der Waals surface area (Å²) in [5.41, 5.74) is 5.64. The number of carbonyl (C=O) groups excluding carboxylic acids is 8. The summed E-state index contributed by atoms with van der Waals surface area (Å²) < 4.78 is 40.8. The van der Waals surface area contributed by atoms with Crippen LogP contribution in [0.2, 0.25) is 0 Å². The van der Waals surface area contributed by atoms with Crippen LogP contribution in [0.25, 0.3) is 62.7 Å². The van der Waals surface area contributed by atoms with Gasteiger partial charge in [0.15, 0.2) is 11.5 Å². The van der Waals surface area contributed by atoms with Gasteiger partial charge >= 0.3 is 47.8 Å². The molecule has 3 aliphatic rings. The van der Waals surface area contributed by atoms with Crippen molar-refractivity contribution < 1.29 is 76.3 Å². The van der Waals surface area contributed by atoms with E-state index < -0.39 is 11.9 Å². The summed E-state index contributed by atoms with van der Waals surface area (Å²) in [6, 6.07) is 46.1. The first-order chi connectivity index (χ1) is 51.7. The molecule has 0 N–H and O–H groups in total. The van der Waals surface area contributed by atoms with Crippen LogP contribution < -0.4 is 23.7 Å². The molecule has 11 rings (SSSR count). The van der Waals surface area contributed by atoms with Crippen molar-refractivity contribution >= 4 is 110 Å². The molecule has 8 aromatic rings. The summed E-state index contributed by atoms with van der Waals surface area (Å²) >= 11 is 0. The second-order valence-electron chi connectivity index (χ2n) is 27.2. The van der Waals surface area contributed by atoms with E-state index in [4.69, 9.17) is 37.9 Å². The molecular weight excluding hydrogens is 1370 g/mol. The average molecular weight is 1480 g/mol. The van der Waals surface area contributed by atoms with Gasteiger partial charge in [-0.2, -0.15) is 0 Å². The molecule has 0 saturated heterocycles. The van der Waals surface area contributed by atoms with E-state index in [-0.39, 0.29) is 64.1 Å². The lowest BCUT2D eigenvalue weighted by Gasteiger charge is -2.33. The second kappa shape index (κ2) is 44.6. The maximum Gasteiger partial charge on any atom is 0.333 e. The standard InChI is InChI=1S/C18H12.C12H12O4.C12H20O2.C11H18O2.C10H16O2.3C10H10O2/c1-2-12-6-7-15-9-8-13-4-3-5-14-10-11-16(12)18(15)17(13)14;1-4-10-5-6-11(15-8(2)13)12(7-10)16-9(3)14;1-9(2)11(13)14-12(10(3)4)7-5-6-8-12;1-4-11(7-5-6-8-11)13-10(12)9(2)3;1-8(2)9(11)12-10(3)6-4-5-7-10;1-3-9-4-6-10(7-5-9)12-8(2)11;1-3-9-5-4-6-10(7-9)12-8(2)11;1-3-9-6-4-5-7-10(9)12-8(2)11/h2-11H,1H2;4-7H,1H2,2-3H3;10H,1,5-8H2,2-4H3;2,4-8H2,1,3H3;1,4-7H2,2-3H3;3*3-7H,1H2,2H3. The third kappa shape index (κ3) is 29.6. The van der Waals surface area contributed by atoms with Gasteiger partial charge in [0.1, 0.15) is 34.1 Å². The zero-order valence-electron chi connectivity index (χ0n) is 65.7. The quantitative estimate of drug-likeness (QED) is 0.0257. The van der Waals surface area contributed by atoms with Crippen molar-refractivity contribution in [3.63, 3.8) is 0 Å². The van der Waals surface area contributed by atoms with E-state index in [0.29, 0.717) is 39.9 Å². The van der Waals surface area contributed by atoms with Gasteiger partial charge in [-0.15, -0.1) is 0 Å². The smallest absolute Gasteiger partial charge is 0.333 e. The molecular formula is C93H108O16. The molecule has 0 heterocycles. The molecule has 0 aromatic heterocycles. The number of esters is 8. The van der Waals surface area contributed by atoms with Gasteiger partial charge in [0.05, 0.1) is 0 Å². The predicted molar refractivity (Wildman–Crippen MR) is 440 cm³/mol. The van der Waals surface area contributed by atoms with Gasteiger partial charge < -0.3 is 37.9 Å². The number of para-hydroxylation sites is 1. The van der Waals surface area contributed by atoms with Crippen LogP contribution in [0.5, 0.6) is 28.7 Å². The first-order valence-electron chi connectivity index (χ1n) is 36.5. The molecule has 109 heavy (non-hydrogen) atoms. The average Bonchev–Trinajstić information content (AvgIpc) is 1.41. The maximum absolute atomic E-state index is 11.5. The Balaban J connectivity index is 0.000000264. The highest BCUT2D eigenvalue weighted by atomic mass is 16.6. The molecule has 0 radical (unpaired) electrons. The molecule has 3 fully saturated rings. The number of ether oxygens (including phenoxy) is 8. The molecule has 16 heteroatoms. The van der Waals surface area contributed by atoms with Gasteiger partial charge in [-0.25, -0.2) is 14.4 Å². The van der Waals surface area contributed by atoms with Crippen LogP contribution in [0, 0.1) is 5.92 Å². The molecule has 8 aromatic carbocycles. The second-order valence-corrected chi connectivity index (χ2v) is 27.2. The fourth-order valence-electron chi connectivity index (χ4n) is 12.1. The van der Waals surface area contributed by atoms with Gasteiger partial charge in [0.25, 0.3) is 0 Å². The Kier molecular flexibility index (Phi) is 36.7. The summed E-state index contributed by atoms with van der Waals surface area (Å²) in [4.78, 5) is 87.4. The lowest BCUT2D eigenvalue weighted by atomic mass is 9.88. The third-order valence-electron chi connectivity index (χ3n) is 17.9. The van der Waals surface area contributed by atoms with Crippen molar-refractivity contribution in [2.45, 2.75) is 183 Å². The van der Waals surface area contributed by atoms with Gasteiger partial charge in [-0.3, -0.25) is 24.0 Å². The summed E-state index contributed by atoms with van der Waals surface area (Å²) in [5, 5.41) is 7.96. The number of hydrogen-bond acceptors (Lipinski definition) is 16. The molecule has 0 atom stereocenters. The molecule has 3 saturated carbocycles. The molecule has 16 nitrogen and oxygen atoms in total. The SMILES string of the molecule is C=C(C)C(=O)OC1(C(C)C)CCCC1.C=C(C)C(=O)OC1(C)CCCC1.C=C(C)C(=O)OC1(CC)CCCC1.C=Cc1ccc(OC(C)=O)c(OC(C)=O)c1.C=Cc1ccc(OC(C)=O)cc1.C=Cc1ccc2ccc3cccc4ccc1c2c34.C=Cc1cccc(OC(C)=O)c1.C=Cc1ccccc1OC(C)=O. The highest BCUT2D eigenvalue weighted by molar-refractivity contribution is 6.24. The van der Waals surface area contributed by atoms with Crippen LogP contribution in [-0.4, -0.2) is 64.6 Å². The van der Waals surface area contributed by atoms with Crippen molar-refractivity contribution in [1.29, 1.82) is 0 Å². The minimum absolute atomic E-state index is 0.171. The monoisotopic (exact) mass is 1480 g/mol. The fraction of sp³-hybridized carbons (Fsp3) is 0.312. The van der Waals surface area contributed by atoms with Gasteiger partial charge in [0, 0.05) is 56.9 Å². The minimum Gasteiger partial charge on any atom is -0.456 e. The maximum atomic E-state index is 11.5. The van der Waals surface area contributed by atoms with Crippen LogP contribution in [0.1, 0.15) is 194 Å². The topological polar surface area (TPSA) is 210 Å². The fourth-order valence-corrected chi connectivity index (χ4v) is 12.1. The predicted octanol–water partition coefficient (Wildman–Crippen LogP) is 22.5. The van der Waals surface area contributed by atoms with Crippen molar-refractivity contribution in [3.8, 4) is 28.7 Å². The molecule has 3 aliphatic carbocycles. The van der Waals surface area contributed by atoms with Crippen molar-refractivity contribution in [2.24, 2.45) is 5.92 Å². The van der Waals surface area contributed by atoms with Crippen LogP contribution in [-0.2, 0) is 52.6 Å². The summed E-state index contributed by atoms with van der Waals surface area (Å²) in [6.45, 7) is 49.2. The minimum atomic E-state index is -0.477. The Hall–Kier alpha value is -11.5. The van der Waals surface area contributed by atoms with Crippen molar-refractivity contribution in [1.82, 2.24) is 0 Å². The Morgan fingerprint density at radius 3 is 1.32 bits per heavy atom. The summed E-state index contributed by atoms with van der Waals surface area (Å²) in [6.07, 6.45) is 22.6. The first-order valence-corrected chi connectivity index (χ1v) is 36.5. The van der Waals surface area contributed by atoms with E-state index in [1.807, 2.05) is 55.5 Å². The van der Waals surface area contributed by atoms with Gasteiger partial charge in [0.2, 0.25) is 0 Å². The third-order valence-corrected chi connectivity index (χ3v) is 17.9. The van der Waals surface area contributed by atoms with E-state index in [2.05, 4.69) is 128 Å². The Morgan fingerprint density at radius 2 is 0.817 bits per heavy atom. The number of carbonyl (C=O) groups is 8. The number of benzene rings is 8. The van der Waals surface area contributed by atoms with Crippen molar-refractivity contribution in [3.05, 3.63) is 243 Å². The highest BCUT2D eigenvalue weighted by Gasteiger charge is 2.41. The van der Waals surface area contributed by atoms with Crippen molar-refractivity contribution in [2.75, 3.05) is 0 Å². The Morgan fingerprint density at radius 1 is 0.385 bits per heavy atom.